The van der Waals surface area contributed by atoms with Crippen LogP contribution in [0.3, 0.4) is 0 Å². The maximum atomic E-state index is 2.31. The van der Waals surface area contributed by atoms with Crippen molar-refractivity contribution in [1.82, 2.24) is 0 Å². The van der Waals surface area contributed by atoms with Gasteiger partial charge in [0, 0.05) is 10.5 Å². The van der Waals surface area contributed by atoms with Gasteiger partial charge in [0.25, 0.3) is 0 Å². The van der Waals surface area contributed by atoms with Gasteiger partial charge in [-0.2, -0.15) is 0 Å². The van der Waals surface area contributed by atoms with E-state index < -0.39 is 0 Å². The van der Waals surface area contributed by atoms with Gasteiger partial charge in [0.15, 0.2) is 0 Å². The zero-order chi connectivity index (χ0) is 22.2. The zero-order valence-corrected chi connectivity index (χ0v) is 20.4. The van der Waals surface area contributed by atoms with Crippen LogP contribution >= 0.6 is 21.6 Å². The van der Waals surface area contributed by atoms with E-state index in [1.807, 2.05) is 21.6 Å². The third-order valence-electron chi connectivity index (χ3n) is 5.81. The van der Waals surface area contributed by atoms with Gasteiger partial charge in [0.1, 0.15) is 0 Å². The van der Waals surface area contributed by atoms with Gasteiger partial charge in [-0.3, -0.25) is 0 Å². The normalized spacial score (nSPS) is 12.9. The zero-order valence-electron chi connectivity index (χ0n) is 18.8. The van der Waals surface area contributed by atoms with Crippen molar-refractivity contribution in [2.75, 3.05) is 0 Å². The van der Waals surface area contributed by atoms with Crippen LogP contribution in [0.25, 0.3) is 22.3 Å². The highest BCUT2D eigenvalue weighted by molar-refractivity contribution is 8.76. The van der Waals surface area contributed by atoms with Crippen LogP contribution < -0.4 is 0 Å². The Kier molecular flexibility index (Phi) is 8.14. The minimum atomic E-state index is 0.502. The molecule has 0 spiro atoms. The van der Waals surface area contributed by atoms with Crippen molar-refractivity contribution in [2.45, 2.75) is 37.2 Å². The summed E-state index contributed by atoms with van der Waals surface area (Å²) in [5, 5.41) is 1.00. The molecular weight excluding hydrogens is 424 g/mol. The van der Waals surface area contributed by atoms with Gasteiger partial charge in [-0.1, -0.05) is 145 Å². The largest absolute Gasteiger partial charge is 0.0853 e. The first-order valence-corrected chi connectivity index (χ1v) is 13.7. The summed E-state index contributed by atoms with van der Waals surface area (Å²) in [6.45, 7) is 4.58. The Labute approximate surface area is 200 Å². The number of hydrogen-bond donors (Lipinski definition) is 0. The SMILES string of the molecule is CC[C@@H](SS[C@H](CC)c1ccc(-c2ccccc2)cc1)c1ccc(-c2ccccc2)cc1. The van der Waals surface area contributed by atoms with Gasteiger partial charge in [0.2, 0.25) is 0 Å². The minimum absolute atomic E-state index is 0.502. The molecule has 4 rings (SSSR count). The molecular formula is C30H30S2. The average molecular weight is 455 g/mol. The van der Waals surface area contributed by atoms with Crippen LogP contribution in [0.4, 0.5) is 0 Å². The summed E-state index contributed by atoms with van der Waals surface area (Å²) in [6.07, 6.45) is 2.26. The summed E-state index contributed by atoms with van der Waals surface area (Å²) < 4.78 is 0. The van der Waals surface area contributed by atoms with E-state index in [1.54, 1.807) is 0 Å². The highest BCUT2D eigenvalue weighted by Gasteiger charge is 2.16. The molecule has 0 unspecified atom stereocenters. The van der Waals surface area contributed by atoms with E-state index in [2.05, 4.69) is 123 Å². The molecule has 0 aliphatic carbocycles. The third-order valence-corrected chi connectivity index (χ3v) is 9.32. The lowest BCUT2D eigenvalue weighted by Crippen LogP contribution is -1.94. The average Bonchev–Trinajstić information content (AvgIpc) is 2.88. The molecule has 0 aliphatic rings. The molecule has 162 valence electrons. The number of benzene rings is 4. The summed E-state index contributed by atoms with van der Waals surface area (Å²) in [5.41, 5.74) is 7.95. The molecule has 2 atom stereocenters. The van der Waals surface area contributed by atoms with Crippen molar-refractivity contribution >= 4 is 21.6 Å². The Morgan fingerprint density at radius 3 is 1.06 bits per heavy atom. The molecule has 0 aromatic heterocycles. The standard InChI is InChI=1S/C30H30S2/c1-3-29(27-19-15-25(16-20-27)23-11-7-5-8-12-23)31-32-30(4-2)28-21-17-26(18-22-28)24-13-9-6-10-14-24/h5-22,29-30H,3-4H2,1-2H3/t29-,30-/m1/s1. The van der Waals surface area contributed by atoms with E-state index in [-0.39, 0.29) is 0 Å². The van der Waals surface area contributed by atoms with Gasteiger partial charge in [0.05, 0.1) is 0 Å². The Bertz CT molecular complexity index is 980. The van der Waals surface area contributed by atoms with Crippen molar-refractivity contribution in [1.29, 1.82) is 0 Å². The molecule has 0 fully saturated rings. The molecule has 2 heteroatoms. The second-order valence-electron chi connectivity index (χ2n) is 7.96. The predicted octanol–water partition coefficient (Wildman–Crippen LogP) is 10.0. The van der Waals surface area contributed by atoms with E-state index in [1.165, 1.54) is 33.4 Å². The monoisotopic (exact) mass is 454 g/mol. The molecule has 0 aliphatic heterocycles. The van der Waals surface area contributed by atoms with Gasteiger partial charge < -0.3 is 0 Å². The van der Waals surface area contributed by atoms with Crippen molar-refractivity contribution in [3.8, 4) is 22.3 Å². The van der Waals surface area contributed by atoms with Crippen LogP contribution in [0.2, 0.25) is 0 Å². The molecule has 0 saturated heterocycles. The smallest absolute Gasteiger partial charge is 0.0398 e. The van der Waals surface area contributed by atoms with E-state index in [0.717, 1.165) is 12.8 Å². The van der Waals surface area contributed by atoms with Crippen molar-refractivity contribution in [3.05, 3.63) is 120 Å². The Hall–Kier alpha value is -2.42. The number of rotatable bonds is 9. The Balaban J connectivity index is 1.41. The summed E-state index contributed by atoms with van der Waals surface area (Å²) in [5.74, 6) is 0. The van der Waals surface area contributed by atoms with Crippen molar-refractivity contribution < 1.29 is 0 Å². The van der Waals surface area contributed by atoms with Crippen LogP contribution in [-0.2, 0) is 0 Å². The van der Waals surface area contributed by atoms with Gasteiger partial charge in [-0.15, -0.1) is 0 Å². The van der Waals surface area contributed by atoms with Gasteiger partial charge in [-0.25, -0.2) is 0 Å². The topological polar surface area (TPSA) is 0 Å². The predicted molar refractivity (Wildman–Crippen MR) is 145 cm³/mol. The van der Waals surface area contributed by atoms with Crippen molar-refractivity contribution in [3.63, 3.8) is 0 Å². The fourth-order valence-corrected chi connectivity index (χ4v) is 7.26. The minimum Gasteiger partial charge on any atom is -0.0853 e. The van der Waals surface area contributed by atoms with E-state index >= 15 is 0 Å². The molecule has 0 heterocycles. The van der Waals surface area contributed by atoms with Crippen LogP contribution in [0.5, 0.6) is 0 Å². The highest BCUT2D eigenvalue weighted by Crippen LogP contribution is 2.49. The lowest BCUT2D eigenvalue weighted by atomic mass is 10.0. The molecule has 32 heavy (non-hydrogen) atoms. The third kappa shape index (κ3) is 5.68. The first-order chi connectivity index (χ1) is 15.8. The fraction of sp³-hybridized carbons (Fsp3) is 0.200. The van der Waals surface area contributed by atoms with Crippen LogP contribution in [0, 0.1) is 0 Å². The van der Waals surface area contributed by atoms with Gasteiger partial charge in [-0.05, 0) is 46.2 Å². The number of hydrogen-bond acceptors (Lipinski definition) is 2. The van der Waals surface area contributed by atoms with Crippen LogP contribution in [-0.4, -0.2) is 0 Å². The molecule has 0 nitrogen and oxygen atoms in total. The Morgan fingerprint density at radius 1 is 0.438 bits per heavy atom. The quantitative estimate of drug-likeness (QED) is 0.231. The Morgan fingerprint density at radius 2 is 0.750 bits per heavy atom. The summed E-state index contributed by atoms with van der Waals surface area (Å²) in [7, 11) is 4.04. The molecule has 0 radical (unpaired) electrons. The molecule has 0 N–H and O–H groups in total. The first-order valence-electron chi connectivity index (χ1n) is 11.4. The van der Waals surface area contributed by atoms with E-state index in [4.69, 9.17) is 0 Å². The summed E-state index contributed by atoms with van der Waals surface area (Å²) in [6, 6.07) is 39.5. The highest BCUT2D eigenvalue weighted by atomic mass is 33.1. The first kappa shape index (κ1) is 22.8. The maximum absolute atomic E-state index is 2.31. The lowest BCUT2D eigenvalue weighted by Gasteiger charge is -2.20. The van der Waals surface area contributed by atoms with Crippen LogP contribution in [0.1, 0.15) is 48.3 Å². The van der Waals surface area contributed by atoms with E-state index in [9.17, 15) is 0 Å². The fourth-order valence-electron chi connectivity index (χ4n) is 3.89. The molecule has 4 aromatic carbocycles. The van der Waals surface area contributed by atoms with Crippen LogP contribution in [0.15, 0.2) is 109 Å². The summed E-state index contributed by atoms with van der Waals surface area (Å²) in [4.78, 5) is 0. The second kappa shape index (κ2) is 11.4. The molecule has 0 amide bonds. The summed E-state index contributed by atoms with van der Waals surface area (Å²) >= 11 is 0. The lowest BCUT2D eigenvalue weighted by molar-refractivity contribution is 0.893. The van der Waals surface area contributed by atoms with E-state index in [0.29, 0.717) is 10.5 Å². The van der Waals surface area contributed by atoms with Gasteiger partial charge >= 0.3 is 0 Å². The maximum Gasteiger partial charge on any atom is 0.0398 e. The molecule has 0 bridgehead atoms. The second-order valence-corrected chi connectivity index (χ2v) is 10.6. The molecule has 4 aromatic rings. The molecule has 0 saturated carbocycles. The van der Waals surface area contributed by atoms with Crippen molar-refractivity contribution in [2.24, 2.45) is 0 Å².